The molecule has 2 unspecified atom stereocenters. The molecule has 0 aliphatic carbocycles. The van der Waals surface area contributed by atoms with Gasteiger partial charge in [0.05, 0.1) is 6.10 Å². The molecule has 0 saturated carbocycles. The average Bonchev–Trinajstić information content (AvgIpc) is 2.42. The van der Waals surface area contributed by atoms with E-state index >= 15 is 0 Å². The molecule has 12 heavy (non-hydrogen) atoms. The van der Waals surface area contributed by atoms with E-state index in [1.807, 2.05) is 0 Å². The maximum atomic E-state index is 8.68. The smallest absolute Gasteiger partial charge is 0.110 e. The lowest BCUT2D eigenvalue weighted by Gasteiger charge is -2.20. The second kappa shape index (κ2) is 4.80. The Morgan fingerprint density at radius 3 is 2.92 bits per heavy atom. The number of hydrogen-bond acceptors (Lipinski definition) is 3. The zero-order chi connectivity index (χ0) is 8.97. The third-order valence-corrected chi connectivity index (χ3v) is 2.24. The van der Waals surface area contributed by atoms with Crippen molar-refractivity contribution in [3.8, 4) is 0 Å². The van der Waals surface area contributed by atoms with Crippen molar-refractivity contribution in [2.24, 2.45) is 0 Å². The van der Waals surface area contributed by atoms with Crippen LogP contribution in [0.3, 0.4) is 0 Å². The van der Waals surface area contributed by atoms with Crippen molar-refractivity contribution in [3.05, 3.63) is 0 Å². The fourth-order valence-corrected chi connectivity index (χ4v) is 1.71. The molecule has 0 radical (unpaired) electrons. The van der Waals surface area contributed by atoms with Crippen molar-refractivity contribution in [1.29, 1.82) is 0 Å². The summed E-state index contributed by atoms with van der Waals surface area (Å²) in [6.07, 6.45) is 2.53. The molecule has 1 saturated heterocycles. The van der Waals surface area contributed by atoms with Crippen molar-refractivity contribution in [2.45, 2.75) is 39.0 Å². The average molecular weight is 173 g/mol. The molecule has 3 heteroatoms. The summed E-state index contributed by atoms with van der Waals surface area (Å²) in [6.45, 7) is 6.48. The van der Waals surface area contributed by atoms with E-state index in [-0.39, 0.29) is 12.8 Å². The standard InChI is InChI=1S/C9H19NO2/c1-3-9-10(5-4-6-11)7-8(2)12-9/h8-9,11H,3-7H2,1-2H3. The summed E-state index contributed by atoms with van der Waals surface area (Å²) in [7, 11) is 0. The normalized spacial score (nSPS) is 31.2. The summed E-state index contributed by atoms with van der Waals surface area (Å²) in [5.41, 5.74) is 0. The van der Waals surface area contributed by atoms with Crippen molar-refractivity contribution >= 4 is 0 Å². The number of aliphatic hydroxyl groups excluding tert-OH is 1. The minimum absolute atomic E-state index is 0.279. The Hall–Kier alpha value is -0.120. The molecule has 1 fully saturated rings. The summed E-state index contributed by atoms with van der Waals surface area (Å²) in [6, 6.07) is 0. The largest absolute Gasteiger partial charge is 0.396 e. The molecule has 1 aliphatic rings. The van der Waals surface area contributed by atoms with Crippen LogP contribution in [0, 0.1) is 0 Å². The molecule has 0 bridgehead atoms. The number of ether oxygens (including phenoxy) is 1. The highest BCUT2D eigenvalue weighted by atomic mass is 16.5. The molecular formula is C9H19NO2. The Morgan fingerprint density at radius 1 is 1.58 bits per heavy atom. The van der Waals surface area contributed by atoms with Gasteiger partial charge in [0, 0.05) is 19.7 Å². The Labute approximate surface area is 74.3 Å². The maximum Gasteiger partial charge on any atom is 0.110 e. The summed E-state index contributed by atoms with van der Waals surface area (Å²) in [4.78, 5) is 2.31. The fraction of sp³-hybridized carbons (Fsp3) is 1.00. The lowest BCUT2D eigenvalue weighted by atomic mass is 10.3. The van der Waals surface area contributed by atoms with E-state index in [0.29, 0.717) is 6.10 Å². The summed E-state index contributed by atoms with van der Waals surface area (Å²) < 4.78 is 5.66. The van der Waals surface area contributed by atoms with Crippen LogP contribution in [0.5, 0.6) is 0 Å². The predicted octanol–water partition coefficient (Wildman–Crippen LogP) is 0.826. The Bertz CT molecular complexity index is 130. The van der Waals surface area contributed by atoms with E-state index in [9.17, 15) is 0 Å². The zero-order valence-electron chi connectivity index (χ0n) is 7.99. The van der Waals surface area contributed by atoms with Gasteiger partial charge in [-0.15, -0.1) is 0 Å². The van der Waals surface area contributed by atoms with E-state index in [0.717, 1.165) is 25.9 Å². The molecule has 1 aliphatic heterocycles. The summed E-state index contributed by atoms with van der Waals surface area (Å²) >= 11 is 0. The van der Waals surface area contributed by atoms with Gasteiger partial charge in [0.15, 0.2) is 0 Å². The van der Waals surface area contributed by atoms with Crippen LogP contribution < -0.4 is 0 Å². The van der Waals surface area contributed by atoms with Gasteiger partial charge < -0.3 is 9.84 Å². The molecule has 3 nitrogen and oxygen atoms in total. The summed E-state index contributed by atoms with van der Waals surface area (Å²) in [5.74, 6) is 0. The van der Waals surface area contributed by atoms with Crippen LogP contribution in [0.25, 0.3) is 0 Å². The molecule has 72 valence electrons. The number of hydrogen-bond donors (Lipinski definition) is 1. The lowest BCUT2D eigenvalue weighted by molar-refractivity contribution is 0.00254. The van der Waals surface area contributed by atoms with Gasteiger partial charge in [-0.05, 0) is 19.8 Å². The third-order valence-electron chi connectivity index (χ3n) is 2.24. The quantitative estimate of drug-likeness (QED) is 0.683. The first kappa shape index (κ1) is 9.96. The monoisotopic (exact) mass is 173 g/mol. The van der Waals surface area contributed by atoms with Crippen molar-refractivity contribution in [1.82, 2.24) is 4.90 Å². The zero-order valence-corrected chi connectivity index (χ0v) is 7.99. The second-order valence-electron chi connectivity index (χ2n) is 3.38. The van der Waals surface area contributed by atoms with Gasteiger partial charge in [-0.2, -0.15) is 0 Å². The molecule has 0 amide bonds. The van der Waals surface area contributed by atoms with Crippen LogP contribution in [-0.2, 0) is 4.74 Å². The van der Waals surface area contributed by atoms with Gasteiger partial charge in [0.1, 0.15) is 6.23 Å². The first-order valence-electron chi connectivity index (χ1n) is 4.78. The van der Waals surface area contributed by atoms with Crippen molar-refractivity contribution < 1.29 is 9.84 Å². The Morgan fingerprint density at radius 2 is 2.33 bits per heavy atom. The number of rotatable bonds is 4. The maximum absolute atomic E-state index is 8.68. The van der Waals surface area contributed by atoms with Crippen LogP contribution in [0.4, 0.5) is 0 Å². The molecule has 0 aromatic rings. The first-order chi connectivity index (χ1) is 5.77. The van der Waals surface area contributed by atoms with Crippen molar-refractivity contribution in [2.75, 3.05) is 19.7 Å². The minimum Gasteiger partial charge on any atom is -0.396 e. The van der Waals surface area contributed by atoms with Crippen LogP contribution in [0.15, 0.2) is 0 Å². The molecule has 0 aromatic heterocycles. The molecule has 0 aromatic carbocycles. The fourth-order valence-electron chi connectivity index (χ4n) is 1.71. The van der Waals surface area contributed by atoms with E-state index in [1.54, 1.807) is 0 Å². The van der Waals surface area contributed by atoms with Gasteiger partial charge >= 0.3 is 0 Å². The van der Waals surface area contributed by atoms with Gasteiger partial charge in [0.25, 0.3) is 0 Å². The van der Waals surface area contributed by atoms with Crippen molar-refractivity contribution in [3.63, 3.8) is 0 Å². The highest BCUT2D eigenvalue weighted by Crippen LogP contribution is 2.18. The lowest BCUT2D eigenvalue weighted by Crippen LogP contribution is -2.31. The van der Waals surface area contributed by atoms with E-state index in [1.165, 1.54) is 0 Å². The minimum atomic E-state index is 0.279. The Balaban J connectivity index is 2.30. The number of aliphatic hydroxyl groups is 1. The molecule has 2 atom stereocenters. The SMILES string of the molecule is CCC1OC(C)CN1CCCO. The van der Waals surface area contributed by atoms with Gasteiger partial charge in [-0.1, -0.05) is 6.92 Å². The third kappa shape index (κ3) is 2.44. The van der Waals surface area contributed by atoms with Crippen LogP contribution in [0.1, 0.15) is 26.7 Å². The highest BCUT2D eigenvalue weighted by molar-refractivity contribution is 4.73. The van der Waals surface area contributed by atoms with E-state index in [4.69, 9.17) is 9.84 Å². The van der Waals surface area contributed by atoms with Crippen LogP contribution >= 0.6 is 0 Å². The van der Waals surface area contributed by atoms with Crippen LogP contribution in [-0.4, -0.2) is 42.0 Å². The van der Waals surface area contributed by atoms with Crippen LogP contribution in [0.2, 0.25) is 0 Å². The Kier molecular flexibility index (Phi) is 3.98. The second-order valence-corrected chi connectivity index (χ2v) is 3.38. The highest BCUT2D eigenvalue weighted by Gasteiger charge is 2.27. The van der Waals surface area contributed by atoms with Gasteiger partial charge in [-0.25, -0.2) is 0 Å². The van der Waals surface area contributed by atoms with Gasteiger partial charge in [-0.3, -0.25) is 4.90 Å². The van der Waals surface area contributed by atoms with E-state index < -0.39 is 0 Å². The molecule has 0 spiro atoms. The number of nitrogens with zero attached hydrogens (tertiary/aromatic N) is 1. The molecular weight excluding hydrogens is 154 g/mol. The first-order valence-corrected chi connectivity index (χ1v) is 4.78. The summed E-state index contributed by atoms with van der Waals surface area (Å²) in [5, 5.41) is 8.68. The van der Waals surface area contributed by atoms with E-state index in [2.05, 4.69) is 18.7 Å². The van der Waals surface area contributed by atoms with Gasteiger partial charge in [0.2, 0.25) is 0 Å². The molecule has 1 rings (SSSR count). The molecule has 1 N–H and O–H groups in total. The molecule has 1 heterocycles. The topological polar surface area (TPSA) is 32.7 Å². The predicted molar refractivity (Wildman–Crippen MR) is 47.9 cm³/mol.